The van der Waals surface area contributed by atoms with E-state index in [9.17, 15) is 13.8 Å². The van der Waals surface area contributed by atoms with Crippen molar-refractivity contribution in [1.29, 1.82) is 0 Å². The van der Waals surface area contributed by atoms with E-state index in [-0.39, 0.29) is 35.3 Å². The van der Waals surface area contributed by atoms with Gasteiger partial charge < -0.3 is 24.0 Å². The van der Waals surface area contributed by atoms with E-state index in [1.165, 1.54) is 11.1 Å². The van der Waals surface area contributed by atoms with Crippen LogP contribution in [0.3, 0.4) is 0 Å². The maximum Gasteiger partial charge on any atom is 0.330 e. The van der Waals surface area contributed by atoms with Gasteiger partial charge in [-0.15, -0.1) is 4.36 Å². The highest BCUT2D eigenvalue weighted by Crippen LogP contribution is 2.47. The molecule has 2 fully saturated rings. The molecule has 5 aliphatic rings. The zero-order valence-corrected chi connectivity index (χ0v) is 31.0. The van der Waals surface area contributed by atoms with Crippen molar-refractivity contribution < 1.29 is 28.0 Å². The first kappa shape index (κ1) is 35.3. The predicted octanol–water partition coefficient (Wildman–Crippen LogP) is 6.40. The first-order valence-electron chi connectivity index (χ1n) is 17.9. The number of fused-ring (bicyclic) bond motifs is 4. The van der Waals surface area contributed by atoms with E-state index in [2.05, 4.69) is 38.3 Å². The summed E-state index contributed by atoms with van der Waals surface area (Å²) in [6.45, 7) is 6.24. The monoisotopic (exact) mass is 724 g/mol. The number of carbonyl (C=O) groups excluding carboxylic acids is 2. The van der Waals surface area contributed by atoms with Gasteiger partial charge in [0.15, 0.2) is 0 Å². The van der Waals surface area contributed by atoms with E-state index < -0.39 is 21.9 Å². The summed E-state index contributed by atoms with van der Waals surface area (Å²) in [5.41, 5.74) is 3.43. The Balaban J connectivity index is 1.28. The lowest BCUT2D eigenvalue weighted by atomic mass is 9.68. The molecule has 50 heavy (non-hydrogen) atoms. The fraction of sp³-hybridized carbons (Fsp3) is 0.579. The van der Waals surface area contributed by atoms with Crippen LogP contribution in [0.4, 0.5) is 10.5 Å². The molecular formula is C38H49ClN4O6S. The second-order valence-corrected chi connectivity index (χ2v) is 17.5. The molecular weight excluding hydrogens is 676 g/mol. The van der Waals surface area contributed by atoms with Gasteiger partial charge in [-0.3, -0.25) is 9.52 Å². The fourth-order valence-electron chi connectivity index (χ4n) is 8.68. The Hall–Kier alpha value is -3.12. The predicted molar refractivity (Wildman–Crippen MR) is 195 cm³/mol. The highest BCUT2D eigenvalue weighted by atomic mass is 35.5. The number of methoxy groups -OCH3 is 2. The Kier molecular flexibility index (Phi) is 9.97. The van der Waals surface area contributed by atoms with Crippen LogP contribution in [0, 0.1) is 17.8 Å². The maximum absolute atomic E-state index is 14.5. The van der Waals surface area contributed by atoms with Gasteiger partial charge in [-0.05, 0) is 105 Å². The summed E-state index contributed by atoms with van der Waals surface area (Å²) < 4.78 is 39.6. The molecule has 10 nitrogen and oxygen atoms in total. The molecule has 8 atom stereocenters. The molecule has 3 aliphatic heterocycles. The van der Waals surface area contributed by atoms with E-state index in [0.29, 0.717) is 42.7 Å². The van der Waals surface area contributed by atoms with Crippen molar-refractivity contribution >= 4 is 39.1 Å². The van der Waals surface area contributed by atoms with E-state index in [1.807, 2.05) is 32.0 Å². The van der Waals surface area contributed by atoms with E-state index in [1.54, 1.807) is 25.2 Å². The summed E-state index contributed by atoms with van der Waals surface area (Å²) >= 11 is 6.45. The first-order valence-corrected chi connectivity index (χ1v) is 20.0. The van der Waals surface area contributed by atoms with Crippen molar-refractivity contribution in [2.24, 2.45) is 22.1 Å². The fourth-order valence-corrected chi connectivity index (χ4v) is 10.7. The molecule has 270 valence electrons. The second-order valence-electron chi connectivity index (χ2n) is 15.0. The van der Waals surface area contributed by atoms with Crippen molar-refractivity contribution in [3.8, 4) is 5.75 Å². The number of hydrogen-bond acceptors (Lipinski definition) is 7. The number of allylic oxidation sites excluding steroid dienone is 1. The van der Waals surface area contributed by atoms with Crippen molar-refractivity contribution in [2.75, 3.05) is 51.1 Å². The second kappa shape index (κ2) is 14.1. The normalized spacial score (nSPS) is 34.5. The minimum absolute atomic E-state index is 0.0283. The number of amides is 3. The van der Waals surface area contributed by atoms with Gasteiger partial charge in [0.2, 0.25) is 0 Å². The Morgan fingerprint density at radius 3 is 2.70 bits per heavy atom. The number of urea groups is 1. The molecule has 12 heteroatoms. The minimum Gasteiger partial charge on any atom is -0.490 e. The van der Waals surface area contributed by atoms with Gasteiger partial charge in [-0.2, -0.15) is 0 Å². The smallest absolute Gasteiger partial charge is 0.330 e. The molecule has 3 heterocycles. The number of carbonyl (C=O) groups is 2. The van der Waals surface area contributed by atoms with Gasteiger partial charge in [0.1, 0.15) is 15.7 Å². The number of nitrogens with zero attached hydrogens (tertiary/aromatic N) is 3. The highest BCUT2D eigenvalue weighted by Gasteiger charge is 2.45. The molecule has 2 unspecified atom stereocenters. The third-order valence-corrected chi connectivity index (χ3v) is 13.9. The lowest BCUT2D eigenvalue weighted by molar-refractivity contribution is -0.0508. The molecule has 1 saturated carbocycles. The summed E-state index contributed by atoms with van der Waals surface area (Å²) in [5, 5.41) is 0.743. The van der Waals surface area contributed by atoms with Gasteiger partial charge in [-0.1, -0.05) is 36.7 Å². The van der Waals surface area contributed by atoms with Crippen LogP contribution in [-0.4, -0.2) is 85.5 Å². The SMILES string of the molecule is COC1CN(C(=O)NS2(=O)=NC(=O)c3ccc4c(c3)N(C[C@@H]3CC[C@H]3[C@@H](OC)/C=C/C[C@H](C)C2)C[C@@]2(CCCc3cc(Cl)ccc32)CO4)[C@@H]1C. The molecule has 2 aromatic carbocycles. The zero-order chi connectivity index (χ0) is 35.2. The van der Waals surface area contributed by atoms with Crippen LogP contribution in [0.2, 0.25) is 5.02 Å². The maximum atomic E-state index is 14.5. The number of ether oxygens (including phenoxy) is 3. The van der Waals surface area contributed by atoms with E-state index in [4.69, 9.17) is 25.8 Å². The number of aryl methyl sites for hydroxylation is 1. The van der Waals surface area contributed by atoms with Gasteiger partial charge in [0.05, 0.1) is 42.8 Å². The molecule has 1 N–H and O–H groups in total. The first-order chi connectivity index (χ1) is 24.0. The lowest BCUT2D eigenvalue weighted by Gasteiger charge is -2.46. The zero-order valence-electron chi connectivity index (χ0n) is 29.4. The van der Waals surface area contributed by atoms with Crippen molar-refractivity contribution in [1.82, 2.24) is 9.62 Å². The largest absolute Gasteiger partial charge is 0.490 e. The minimum atomic E-state index is -3.49. The van der Waals surface area contributed by atoms with E-state index >= 15 is 0 Å². The topological polar surface area (TPSA) is 110 Å². The van der Waals surface area contributed by atoms with Crippen LogP contribution in [-0.2, 0) is 31.2 Å². The van der Waals surface area contributed by atoms with Crippen LogP contribution in [0.5, 0.6) is 5.75 Å². The molecule has 0 aromatic heterocycles. The average Bonchev–Trinajstić information content (AvgIpc) is 3.21. The van der Waals surface area contributed by atoms with Crippen LogP contribution >= 0.6 is 11.6 Å². The molecule has 2 aromatic rings. The molecule has 0 radical (unpaired) electrons. The lowest BCUT2D eigenvalue weighted by Crippen LogP contribution is -2.64. The summed E-state index contributed by atoms with van der Waals surface area (Å²) in [4.78, 5) is 31.3. The van der Waals surface area contributed by atoms with Crippen molar-refractivity contribution in [2.45, 2.75) is 76.0 Å². The number of anilines is 1. The molecule has 1 saturated heterocycles. The molecule has 2 bridgehead atoms. The van der Waals surface area contributed by atoms with Crippen LogP contribution in [0.25, 0.3) is 0 Å². The summed E-state index contributed by atoms with van der Waals surface area (Å²) in [5.74, 6) is 0.725. The van der Waals surface area contributed by atoms with Crippen LogP contribution in [0.15, 0.2) is 52.9 Å². The molecule has 1 spiro atoms. The summed E-state index contributed by atoms with van der Waals surface area (Å²) in [6, 6.07) is 10.9. The third-order valence-electron chi connectivity index (χ3n) is 11.7. The number of nitrogens with one attached hydrogen (secondary N) is 1. The van der Waals surface area contributed by atoms with Crippen molar-refractivity contribution in [3.05, 3.63) is 70.3 Å². The molecule has 2 aliphatic carbocycles. The number of likely N-dealkylation sites (tertiary alicyclic amines) is 1. The Morgan fingerprint density at radius 1 is 1.12 bits per heavy atom. The van der Waals surface area contributed by atoms with Gasteiger partial charge in [-0.25, -0.2) is 9.00 Å². The standard InChI is InChI=1S/C38H49ClN4O6S/c1-24-7-5-9-33(47-3)30-13-10-28(30)19-42-22-38(16-6-8-26-17-29(39)12-14-31(26)38)23-49-34-15-11-27(18-32(34)42)36(44)40-50(46,21-24)41-37(45)43-20-35(48-4)25(43)2/h5,9,11-12,14-15,17-18,24-25,28,30,33,35H,6-8,10,13,16,19-23H2,1-4H3,(H,40,41,44,45,46)/b9-5+/t24-,25+,28-,30+,33-,35?,38-,50?/m0/s1. The van der Waals surface area contributed by atoms with Crippen LogP contribution in [0.1, 0.15) is 67.4 Å². The third kappa shape index (κ3) is 6.78. The average molecular weight is 725 g/mol. The Morgan fingerprint density at radius 2 is 1.96 bits per heavy atom. The van der Waals surface area contributed by atoms with Crippen LogP contribution < -0.4 is 14.4 Å². The van der Waals surface area contributed by atoms with Crippen molar-refractivity contribution in [3.63, 3.8) is 0 Å². The number of halogens is 1. The number of benzene rings is 2. The highest BCUT2D eigenvalue weighted by molar-refractivity contribution is 7.92. The number of rotatable bonds is 3. The summed E-state index contributed by atoms with van der Waals surface area (Å²) in [7, 11) is -0.112. The number of hydrogen-bond donors (Lipinski definition) is 1. The van der Waals surface area contributed by atoms with Gasteiger partial charge in [0.25, 0.3) is 5.91 Å². The Labute approximate surface area is 301 Å². The van der Waals surface area contributed by atoms with E-state index in [0.717, 1.165) is 55.9 Å². The molecule has 3 amide bonds. The van der Waals surface area contributed by atoms with Gasteiger partial charge in [0, 0.05) is 43.3 Å². The quantitative estimate of drug-likeness (QED) is 0.365. The van der Waals surface area contributed by atoms with Gasteiger partial charge >= 0.3 is 6.03 Å². The Bertz CT molecular complexity index is 1790. The molecule has 7 rings (SSSR count). The summed E-state index contributed by atoms with van der Waals surface area (Å²) in [6.07, 6.45) is 9.84.